The maximum atomic E-state index is 11.3. The molecular weight excluding hydrogens is 236 g/mol. The number of hydrogen-bond acceptors (Lipinski definition) is 6. The first kappa shape index (κ1) is 14.0. The SMILES string of the molecule is COc1cc(C=CC(=O)NNC(N)N)ccc1O. The van der Waals surface area contributed by atoms with E-state index < -0.39 is 12.2 Å². The van der Waals surface area contributed by atoms with E-state index in [1.54, 1.807) is 18.2 Å². The van der Waals surface area contributed by atoms with E-state index in [-0.39, 0.29) is 5.75 Å². The van der Waals surface area contributed by atoms with Crippen molar-refractivity contribution in [2.75, 3.05) is 7.11 Å². The molecule has 1 amide bonds. The Balaban J connectivity index is 2.64. The largest absolute Gasteiger partial charge is 0.504 e. The third-order valence-electron chi connectivity index (χ3n) is 1.99. The molecule has 0 heterocycles. The zero-order valence-corrected chi connectivity index (χ0v) is 9.88. The number of methoxy groups -OCH3 is 1. The lowest BCUT2D eigenvalue weighted by Crippen LogP contribution is -2.53. The van der Waals surface area contributed by atoms with Crippen LogP contribution >= 0.6 is 0 Å². The second-order valence-corrected chi connectivity index (χ2v) is 3.42. The molecule has 0 bridgehead atoms. The standard InChI is InChI=1S/C11H16N4O3/c1-18-9-6-7(2-4-8(9)16)3-5-10(17)14-15-11(12)13/h2-6,11,15-16H,12-13H2,1H3,(H,14,17). The summed E-state index contributed by atoms with van der Waals surface area (Å²) in [5, 5.41) is 9.39. The molecule has 0 spiro atoms. The number of ether oxygens (including phenoxy) is 1. The molecule has 18 heavy (non-hydrogen) atoms. The summed E-state index contributed by atoms with van der Waals surface area (Å²) in [6.45, 7) is 0. The predicted octanol–water partition coefficient (Wildman–Crippen LogP) is -0.764. The lowest BCUT2D eigenvalue weighted by molar-refractivity contribution is -0.117. The van der Waals surface area contributed by atoms with E-state index in [0.29, 0.717) is 11.3 Å². The van der Waals surface area contributed by atoms with E-state index >= 15 is 0 Å². The van der Waals surface area contributed by atoms with Crippen LogP contribution in [0.3, 0.4) is 0 Å². The number of nitrogens with one attached hydrogen (secondary N) is 2. The Morgan fingerprint density at radius 2 is 2.22 bits per heavy atom. The third-order valence-corrected chi connectivity index (χ3v) is 1.99. The van der Waals surface area contributed by atoms with Gasteiger partial charge >= 0.3 is 0 Å². The molecule has 0 aliphatic heterocycles. The minimum Gasteiger partial charge on any atom is -0.504 e. The summed E-state index contributed by atoms with van der Waals surface area (Å²) in [5.74, 6) is -0.0301. The minimum absolute atomic E-state index is 0.0369. The van der Waals surface area contributed by atoms with Gasteiger partial charge in [-0.25, -0.2) is 5.43 Å². The van der Waals surface area contributed by atoms with Crippen LogP contribution in [0.5, 0.6) is 11.5 Å². The summed E-state index contributed by atoms with van der Waals surface area (Å²) in [5.41, 5.74) is 15.7. The van der Waals surface area contributed by atoms with Gasteiger partial charge in [-0.1, -0.05) is 6.07 Å². The van der Waals surface area contributed by atoms with Crippen molar-refractivity contribution in [3.63, 3.8) is 0 Å². The number of amides is 1. The zero-order chi connectivity index (χ0) is 13.5. The Kier molecular flexibility index (Phi) is 5.12. The monoisotopic (exact) mass is 252 g/mol. The number of benzene rings is 1. The summed E-state index contributed by atoms with van der Waals surface area (Å²) in [7, 11) is 1.45. The number of carbonyl (C=O) groups is 1. The zero-order valence-electron chi connectivity index (χ0n) is 9.88. The number of aromatic hydroxyl groups is 1. The highest BCUT2D eigenvalue weighted by atomic mass is 16.5. The van der Waals surface area contributed by atoms with Crippen LogP contribution < -0.4 is 27.1 Å². The van der Waals surface area contributed by atoms with Crippen LogP contribution in [0, 0.1) is 0 Å². The van der Waals surface area contributed by atoms with Gasteiger partial charge < -0.3 is 21.3 Å². The molecule has 1 aromatic rings. The van der Waals surface area contributed by atoms with Crippen molar-refractivity contribution in [1.82, 2.24) is 10.9 Å². The quantitative estimate of drug-likeness (QED) is 0.266. The summed E-state index contributed by atoms with van der Waals surface area (Å²) in [6.07, 6.45) is 2.03. The fourth-order valence-electron chi connectivity index (χ4n) is 1.17. The molecule has 0 aliphatic carbocycles. The number of nitrogens with two attached hydrogens (primary N) is 2. The first-order valence-electron chi connectivity index (χ1n) is 5.14. The normalized spacial score (nSPS) is 10.9. The molecule has 1 aromatic carbocycles. The fraction of sp³-hybridized carbons (Fsp3) is 0.182. The number of carbonyl (C=O) groups excluding carboxylic acids is 1. The molecule has 0 fully saturated rings. The Morgan fingerprint density at radius 1 is 1.50 bits per heavy atom. The van der Waals surface area contributed by atoms with Gasteiger partial charge in [0.1, 0.15) is 6.29 Å². The maximum absolute atomic E-state index is 11.3. The molecule has 1 rings (SSSR count). The molecule has 0 saturated carbocycles. The van der Waals surface area contributed by atoms with Gasteiger partial charge in [0.2, 0.25) is 0 Å². The average molecular weight is 252 g/mol. The van der Waals surface area contributed by atoms with Gasteiger partial charge in [-0.2, -0.15) is 0 Å². The lowest BCUT2D eigenvalue weighted by Gasteiger charge is -2.07. The van der Waals surface area contributed by atoms with Gasteiger partial charge in [-0.15, -0.1) is 0 Å². The van der Waals surface area contributed by atoms with Crippen molar-refractivity contribution in [3.05, 3.63) is 29.8 Å². The van der Waals surface area contributed by atoms with Gasteiger partial charge in [0.05, 0.1) is 7.11 Å². The molecule has 0 radical (unpaired) electrons. The van der Waals surface area contributed by atoms with Crippen molar-refractivity contribution in [2.45, 2.75) is 6.29 Å². The number of hydrazine groups is 1. The average Bonchev–Trinajstić information content (AvgIpc) is 2.35. The summed E-state index contributed by atoms with van der Waals surface area (Å²) >= 11 is 0. The van der Waals surface area contributed by atoms with Crippen molar-refractivity contribution >= 4 is 12.0 Å². The third kappa shape index (κ3) is 4.42. The van der Waals surface area contributed by atoms with Crippen molar-refractivity contribution in [2.24, 2.45) is 11.5 Å². The molecule has 7 heteroatoms. The van der Waals surface area contributed by atoms with Gasteiger partial charge in [0, 0.05) is 6.08 Å². The highest BCUT2D eigenvalue weighted by Crippen LogP contribution is 2.26. The van der Waals surface area contributed by atoms with E-state index in [1.165, 1.54) is 19.3 Å². The van der Waals surface area contributed by atoms with Crippen LogP contribution in [0.1, 0.15) is 5.56 Å². The molecule has 98 valence electrons. The second-order valence-electron chi connectivity index (χ2n) is 3.42. The number of rotatable bonds is 5. The molecule has 0 unspecified atom stereocenters. The van der Waals surface area contributed by atoms with E-state index in [1.807, 2.05) is 0 Å². The molecule has 0 atom stereocenters. The first-order valence-corrected chi connectivity index (χ1v) is 5.14. The van der Waals surface area contributed by atoms with E-state index in [2.05, 4.69) is 10.9 Å². The summed E-state index contributed by atoms with van der Waals surface area (Å²) in [6, 6.07) is 4.72. The molecule has 0 aliphatic rings. The van der Waals surface area contributed by atoms with Crippen molar-refractivity contribution in [1.29, 1.82) is 0 Å². The lowest BCUT2D eigenvalue weighted by atomic mass is 10.2. The van der Waals surface area contributed by atoms with Crippen LogP contribution in [0.15, 0.2) is 24.3 Å². The summed E-state index contributed by atoms with van der Waals surface area (Å²) in [4.78, 5) is 11.3. The van der Waals surface area contributed by atoms with Crippen LogP contribution in [0.4, 0.5) is 0 Å². The molecule has 0 saturated heterocycles. The van der Waals surface area contributed by atoms with E-state index in [9.17, 15) is 9.90 Å². The van der Waals surface area contributed by atoms with Crippen LogP contribution in [0.25, 0.3) is 6.08 Å². The van der Waals surface area contributed by atoms with E-state index in [4.69, 9.17) is 16.2 Å². The van der Waals surface area contributed by atoms with Crippen LogP contribution in [-0.4, -0.2) is 24.4 Å². The smallest absolute Gasteiger partial charge is 0.258 e. The number of phenolic OH excluding ortho intramolecular Hbond substituents is 1. The predicted molar refractivity (Wildman–Crippen MR) is 67.1 cm³/mol. The van der Waals surface area contributed by atoms with Gasteiger partial charge in [-0.05, 0) is 23.8 Å². The van der Waals surface area contributed by atoms with Crippen molar-refractivity contribution < 1.29 is 14.6 Å². The van der Waals surface area contributed by atoms with Gasteiger partial charge in [-0.3, -0.25) is 10.2 Å². The topological polar surface area (TPSA) is 123 Å². The van der Waals surface area contributed by atoms with E-state index in [0.717, 1.165) is 0 Å². The Hall–Kier alpha value is -2.09. The molecule has 7 N–H and O–H groups in total. The Labute approximate surface area is 104 Å². The highest BCUT2D eigenvalue weighted by Gasteiger charge is 2.01. The van der Waals surface area contributed by atoms with Crippen molar-refractivity contribution in [3.8, 4) is 11.5 Å². The molecule has 0 aromatic heterocycles. The summed E-state index contributed by atoms with van der Waals surface area (Å²) < 4.78 is 4.94. The van der Waals surface area contributed by atoms with Crippen LogP contribution in [0.2, 0.25) is 0 Å². The van der Waals surface area contributed by atoms with Gasteiger partial charge in [0.25, 0.3) is 5.91 Å². The fourth-order valence-corrected chi connectivity index (χ4v) is 1.17. The first-order chi connectivity index (χ1) is 8.52. The minimum atomic E-state index is -0.823. The van der Waals surface area contributed by atoms with Gasteiger partial charge in [0.15, 0.2) is 11.5 Å². The number of hydrogen-bond donors (Lipinski definition) is 5. The Bertz CT molecular complexity index is 446. The molecular formula is C11H16N4O3. The maximum Gasteiger partial charge on any atom is 0.258 e. The highest BCUT2D eigenvalue weighted by molar-refractivity contribution is 5.91. The Morgan fingerprint density at radius 3 is 2.83 bits per heavy atom. The molecule has 7 nitrogen and oxygen atoms in total. The second kappa shape index (κ2) is 6.60. The number of phenols is 1. The van der Waals surface area contributed by atoms with Crippen LogP contribution in [-0.2, 0) is 4.79 Å².